The Morgan fingerprint density at radius 1 is 1.17 bits per heavy atom. The van der Waals surface area contributed by atoms with E-state index in [0.29, 0.717) is 0 Å². The number of nitrogens with zero attached hydrogens (tertiary/aromatic N) is 2. The van der Waals surface area contributed by atoms with Crippen molar-refractivity contribution in [1.82, 2.24) is 9.21 Å². The number of piperidine rings is 1. The van der Waals surface area contributed by atoms with Crippen LogP contribution in [0.1, 0.15) is 25.7 Å². The molecule has 0 aromatic rings. The first kappa shape index (κ1) is 8.85. The molecule has 0 N–H and O–H groups in total. The molecule has 0 aliphatic carbocycles. The molecule has 0 spiro atoms. The Bertz CT molecular complexity index is 158. The molecule has 2 aliphatic heterocycles. The molecule has 2 nitrogen and oxygen atoms in total. The first-order chi connectivity index (χ1) is 5.68. The van der Waals surface area contributed by atoms with Gasteiger partial charge in [0.25, 0.3) is 0 Å². The fourth-order valence-corrected chi connectivity index (χ4v) is 2.96. The number of fused-ring (bicyclic) bond motifs is 2. The van der Waals surface area contributed by atoms with Gasteiger partial charge >= 0.3 is 0 Å². The number of hydrogen-bond donors (Lipinski definition) is 1. The van der Waals surface area contributed by atoms with E-state index >= 15 is 0 Å². The van der Waals surface area contributed by atoms with Gasteiger partial charge in [-0.25, -0.2) is 4.31 Å². The second-order valence-electron chi connectivity index (χ2n) is 4.35. The zero-order valence-electron chi connectivity index (χ0n) is 7.90. The molecule has 2 atom stereocenters. The summed E-state index contributed by atoms with van der Waals surface area (Å²) in [5.74, 6) is 0. The van der Waals surface area contributed by atoms with Crippen molar-refractivity contribution in [2.24, 2.45) is 0 Å². The van der Waals surface area contributed by atoms with Crippen LogP contribution in [0.2, 0.25) is 0 Å². The maximum absolute atomic E-state index is 4.54. The van der Waals surface area contributed by atoms with Gasteiger partial charge in [0.2, 0.25) is 0 Å². The van der Waals surface area contributed by atoms with Crippen molar-refractivity contribution < 1.29 is 0 Å². The number of rotatable bonds is 1. The van der Waals surface area contributed by atoms with Crippen molar-refractivity contribution in [2.45, 2.75) is 43.8 Å². The standard InChI is InChI=1S/C9H18N2S/c1-10(2)9-5-7-3-4-8(6-9)11(7)12/h7-9,12H,3-6H2,1-2H3. The van der Waals surface area contributed by atoms with E-state index in [2.05, 4.69) is 36.1 Å². The molecule has 3 heteroatoms. The molecule has 0 aromatic heterocycles. The van der Waals surface area contributed by atoms with Crippen molar-refractivity contribution in [3.8, 4) is 0 Å². The second-order valence-corrected chi connectivity index (χ2v) is 4.82. The van der Waals surface area contributed by atoms with Crippen LogP contribution >= 0.6 is 12.8 Å². The lowest BCUT2D eigenvalue weighted by molar-refractivity contribution is 0.153. The fourth-order valence-electron chi connectivity index (χ4n) is 2.55. The first-order valence-corrected chi connectivity index (χ1v) is 5.22. The van der Waals surface area contributed by atoms with Gasteiger partial charge in [-0.2, -0.15) is 0 Å². The van der Waals surface area contributed by atoms with Crippen LogP contribution in [0.4, 0.5) is 0 Å². The van der Waals surface area contributed by atoms with E-state index in [4.69, 9.17) is 0 Å². The summed E-state index contributed by atoms with van der Waals surface area (Å²) in [5, 5.41) is 0. The summed E-state index contributed by atoms with van der Waals surface area (Å²) in [6, 6.07) is 2.30. The van der Waals surface area contributed by atoms with Crippen LogP contribution < -0.4 is 0 Å². The zero-order chi connectivity index (χ0) is 8.72. The van der Waals surface area contributed by atoms with Crippen molar-refractivity contribution in [2.75, 3.05) is 14.1 Å². The van der Waals surface area contributed by atoms with Crippen molar-refractivity contribution in [3.05, 3.63) is 0 Å². The summed E-state index contributed by atoms with van der Waals surface area (Å²) >= 11 is 4.54. The Balaban J connectivity index is 2.02. The van der Waals surface area contributed by atoms with Gasteiger partial charge in [-0.1, -0.05) is 12.8 Å². The summed E-state index contributed by atoms with van der Waals surface area (Å²) in [6.07, 6.45) is 5.34. The third-order valence-corrected chi connectivity index (χ3v) is 4.05. The molecule has 0 radical (unpaired) electrons. The van der Waals surface area contributed by atoms with E-state index < -0.39 is 0 Å². The molecular weight excluding hydrogens is 168 g/mol. The number of thiol groups is 1. The van der Waals surface area contributed by atoms with Gasteiger partial charge in [-0.15, -0.1) is 0 Å². The summed E-state index contributed by atoms with van der Waals surface area (Å²) in [4.78, 5) is 2.37. The monoisotopic (exact) mass is 186 g/mol. The average Bonchev–Trinajstić information content (AvgIpc) is 2.30. The largest absolute Gasteiger partial charge is 0.306 e. The van der Waals surface area contributed by atoms with Gasteiger partial charge in [0.1, 0.15) is 0 Å². The Kier molecular flexibility index (Phi) is 2.36. The van der Waals surface area contributed by atoms with Crippen molar-refractivity contribution in [1.29, 1.82) is 0 Å². The highest BCUT2D eigenvalue weighted by Crippen LogP contribution is 2.37. The predicted molar refractivity (Wildman–Crippen MR) is 54.3 cm³/mol. The quantitative estimate of drug-likeness (QED) is 0.618. The molecule has 2 aliphatic rings. The molecule has 2 bridgehead atoms. The fraction of sp³-hybridized carbons (Fsp3) is 1.00. The van der Waals surface area contributed by atoms with Gasteiger partial charge in [0.05, 0.1) is 0 Å². The Hall–Kier alpha value is 0.270. The predicted octanol–water partition coefficient (Wildman–Crippen LogP) is 1.39. The molecule has 70 valence electrons. The topological polar surface area (TPSA) is 6.48 Å². The van der Waals surface area contributed by atoms with E-state index in [-0.39, 0.29) is 0 Å². The maximum Gasteiger partial charge on any atom is 0.0218 e. The van der Waals surface area contributed by atoms with Crippen LogP contribution in [-0.4, -0.2) is 41.4 Å². The molecule has 2 fully saturated rings. The lowest BCUT2D eigenvalue weighted by atomic mass is 9.99. The van der Waals surface area contributed by atoms with Crippen LogP contribution in [0.25, 0.3) is 0 Å². The summed E-state index contributed by atoms with van der Waals surface area (Å²) in [6.45, 7) is 0. The minimum absolute atomic E-state index is 0.750. The molecular formula is C9H18N2S. The molecule has 0 aromatic carbocycles. The normalized spacial score (nSPS) is 42.5. The van der Waals surface area contributed by atoms with Gasteiger partial charge in [0.15, 0.2) is 0 Å². The van der Waals surface area contributed by atoms with Crippen LogP contribution in [-0.2, 0) is 0 Å². The van der Waals surface area contributed by atoms with Crippen molar-refractivity contribution in [3.63, 3.8) is 0 Å². The Morgan fingerprint density at radius 2 is 1.67 bits per heavy atom. The van der Waals surface area contributed by atoms with Crippen LogP contribution in [0.3, 0.4) is 0 Å². The van der Waals surface area contributed by atoms with Crippen LogP contribution in [0.15, 0.2) is 0 Å². The Morgan fingerprint density at radius 3 is 2.08 bits per heavy atom. The van der Waals surface area contributed by atoms with Crippen molar-refractivity contribution >= 4 is 12.8 Å². The zero-order valence-corrected chi connectivity index (χ0v) is 8.80. The highest BCUT2D eigenvalue weighted by Gasteiger charge is 2.39. The van der Waals surface area contributed by atoms with E-state index in [1.165, 1.54) is 25.7 Å². The minimum Gasteiger partial charge on any atom is -0.306 e. The SMILES string of the molecule is CN(C)C1CC2CCC(C1)N2S. The summed E-state index contributed by atoms with van der Waals surface area (Å²) in [7, 11) is 4.39. The Labute approximate surface area is 80.5 Å². The highest BCUT2D eigenvalue weighted by molar-refractivity contribution is 7.77. The van der Waals surface area contributed by atoms with Gasteiger partial charge < -0.3 is 4.90 Å². The maximum atomic E-state index is 4.54. The van der Waals surface area contributed by atoms with Crippen LogP contribution in [0.5, 0.6) is 0 Å². The lowest BCUT2D eigenvalue weighted by Crippen LogP contribution is -2.44. The van der Waals surface area contributed by atoms with Gasteiger partial charge in [-0.05, 0) is 39.8 Å². The van der Waals surface area contributed by atoms with E-state index in [1.807, 2.05) is 0 Å². The highest BCUT2D eigenvalue weighted by atomic mass is 32.1. The summed E-state index contributed by atoms with van der Waals surface area (Å²) in [5.41, 5.74) is 0. The second kappa shape index (κ2) is 3.20. The smallest absolute Gasteiger partial charge is 0.0218 e. The van der Waals surface area contributed by atoms with Gasteiger partial charge in [-0.3, -0.25) is 0 Å². The first-order valence-electron chi connectivity index (χ1n) is 4.82. The molecule has 2 unspecified atom stereocenters. The minimum atomic E-state index is 0.750. The van der Waals surface area contributed by atoms with E-state index in [0.717, 1.165) is 18.1 Å². The molecule has 2 heterocycles. The molecule has 2 rings (SSSR count). The molecule has 12 heavy (non-hydrogen) atoms. The van der Waals surface area contributed by atoms with Gasteiger partial charge in [0, 0.05) is 18.1 Å². The lowest BCUT2D eigenvalue weighted by Gasteiger charge is -2.38. The average molecular weight is 186 g/mol. The molecule has 0 amide bonds. The number of hydrogen-bond acceptors (Lipinski definition) is 3. The van der Waals surface area contributed by atoms with E-state index in [9.17, 15) is 0 Å². The van der Waals surface area contributed by atoms with E-state index in [1.54, 1.807) is 0 Å². The summed E-state index contributed by atoms with van der Waals surface area (Å²) < 4.78 is 2.29. The molecule has 0 saturated carbocycles. The molecule has 2 saturated heterocycles. The third-order valence-electron chi connectivity index (χ3n) is 3.40. The van der Waals surface area contributed by atoms with Crippen LogP contribution in [0, 0.1) is 0 Å². The third kappa shape index (κ3) is 1.38.